The number of thioether (sulfide) groups is 1. The van der Waals surface area contributed by atoms with E-state index in [1.807, 2.05) is 81.4 Å². The van der Waals surface area contributed by atoms with Crippen molar-refractivity contribution in [2.24, 2.45) is 0 Å². The summed E-state index contributed by atoms with van der Waals surface area (Å²) in [5.74, 6) is 0.585. The normalized spacial score (nSPS) is 12.8. The lowest BCUT2D eigenvalue weighted by atomic mass is 10.1. The average molecular weight is 399 g/mol. The fraction of sp³-hybridized carbons (Fsp3) is 0.391. The number of amides is 2. The molecule has 4 nitrogen and oxygen atoms in total. The third-order valence-corrected chi connectivity index (χ3v) is 5.71. The molecule has 0 spiro atoms. The van der Waals surface area contributed by atoms with Crippen LogP contribution in [-0.2, 0) is 16.1 Å². The first-order chi connectivity index (χ1) is 13.5. The fourth-order valence-electron chi connectivity index (χ4n) is 2.74. The highest BCUT2D eigenvalue weighted by atomic mass is 32.2. The zero-order chi connectivity index (χ0) is 20.4. The van der Waals surface area contributed by atoms with Crippen molar-refractivity contribution >= 4 is 23.6 Å². The molecule has 0 radical (unpaired) electrons. The topological polar surface area (TPSA) is 49.4 Å². The molecule has 28 heavy (non-hydrogen) atoms. The number of carbonyl (C=O) groups excluding carboxylic acids is 2. The summed E-state index contributed by atoms with van der Waals surface area (Å²) in [5, 5.41) is 2.99. The highest BCUT2D eigenvalue weighted by Gasteiger charge is 2.26. The van der Waals surface area contributed by atoms with Gasteiger partial charge < -0.3 is 10.2 Å². The lowest BCUT2D eigenvalue weighted by Crippen LogP contribution is -2.49. The van der Waals surface area contributed by atoms with E-state index >= 15 is 0 Å². The van der Waals surface area contributed by atoms with Gasteiger partial charge in [0, 0.05) is 29.7 Å². The Bertz CT molecular complexity index is 737. The molecule has 0 heterocycles. The number of nitrogens with zero attached hydrogens (tertiary/aromatic N) is 1. The molecule has 2 atom stereocenters. The van der Waals surface area contributed by atoms with Gasteiger partial charge in [0.15, 0.2) is 0 Å². The van der Waals surface area contributed by atoms with Crippen LogP contribution in [0.25, 0.3) is 0 Å². The maximum atomic E-state index is 13.0. The second-order valence-corrected chi connectivity index (χ2v) is 8.08. The third-order valence-electron chi connectivity index (χ3n) is 4.69. The molecule has 150 valence electrons. The van der Waals surface area contributed by atoms with Crippen LogP contribution < -0.4 is 5.32 Å². The van der Waals surface area contributed by atoms with Crippen LogP contribution in [0.2, 0.25) is 0 Å². The van der Waals surface area contributed by atoms with E-state index in [0.717, 1.165) is 16.9 Å². The van der Waals surface area contributed by atoms with E-state index < -0.39 is 6.04 Å². The number of nitrogens with one attached hydrogen (secondary N) is 1. The number of hydrogen-bond donors (Lipinski definition) is 1. The van der Waals surface area contributed by atoms with Crippen molar-refractivity contribution < 1.29 is 9.59 Å². The van der Waals surface area contributed by atoms with Gasteiger partial charge in [0.2, 0.25) is 11.8 Å². The van der Waals surface area contributed by atoms with E-state index in [-0.39, 0.29) is 17.9 Å². The summed E-state index contributed by atoms with van der Waals surface area (Å²) in [5.41, 5.74) is 1.02. The fourth-order valence-corrected chi connectivity index (χ4v) is 3.61. The number of rotatable bonds is 10. The summed E-state index contributed by atoms with van der Waals surface area (Å²) in [6.45, 7) is 6.25. The molecule has 2 aromatic carbocycles. The molecule has 0 aromatic heterocycles. The van der Waals surface area contributed by atoms with Crippen molar-refractivity contribution in [2.75, 3.05) is 5.75 Å². The second-order valence-electron chi connectivity index (χ2n) is 6.91. The monoisotopic (exact) mass is 398 g/mol. The predicted molar refractivity (Wildman–Crippen MR) is 116 cm³/mol. The van der Waals surface area contributed by atoms with Gasteiger partial charge in [0.05, 0.1) is 0 Å². The lowest BCUT2D eigenvalue weighted by molar-refractivity contribution is -0.140. The van der Waals surface area contributed by atoms with Gasteiger partial charge >= 0.3 is 0 Å². The quantitative estimate of drug-likeness (QED) is 0.600. The SMILES string of the molecule is CCC(C)NC(=O)C(C)N(Cc1ccccc1)C(=O)CCSc1ccccc1. The molecule has 0 saturated carbocycles. The first-order valence-corrected chi connectivity index (χ1v) is 10.8. The van der Waals surface area contributed by atoms with Gasteiger partial charge in [0.25, 0.3) is 0 Å². The molecule has 0 aliphatic carbocycles. The summed E-state index contributed by atoms with van der Waals surface area (Å²) >= 11 is 1.66. The minimum absolute atomic E-state index is 0.000847. The van der Waals surface area contributed by atoms with E-state index in [1.54, 1.807) is 16.7 Å². The smallest absolute Gasteiger partial charge is 0.242 e. The minimum atomic E-state index is -0.511. The van der Waals surface area contributed by atoms with Crippen molar-refractivity contribution in [3.63, 3.8) is 0 Å². The summed E-state index contributed by atoms with van der Waals surface area (Å²) in [7, 11) is 0. The number of hydrogen-bond acceptors (Lipinski definition) is 3. The Morgan fingerprint density at radius 3 is 2.21 bits per heavy atom. The summed E-state index contributed by atoms with van der Waals surface area (Å²) in [4.78, 5) is 28.4. The molecule has 0 bridgehead atoms. The van der Waals surface area contributed by atoms with Crippen LogP contribution in [0, 0.1) is 0 Å². The van der Waals surface area contributed by atoms with Crippen LogP contribution >= 0.6 is 11.8 Å². The van der Waals surface area contributed by atoms with Crippen LogP contribution in [0.4, 0.5) is 0 Å². The zero-order valence-electron chi connectivity index (χ0n) is 16.9. The average Bonchev–Trinajstić information content (AvgIpc) is 2.72. The minimum Gasteiger partial charge on any atom is -0.352 e. The van der Waals surface area contributed by atoms with Gasteiger partial charge in [-0.25, -0.2) is 0 Å². The Morgan fingerprint density at radius 1 is 1.00 bits per heavy atom. The zero-order valence-corrected chi connectivity index (χ0v) is 17.7. The molecular formula is C23H30N2O2S. The molecule has 2 unspecified atom stereocenters. The van der Waals surface area contributed by atoms with Gasteiger partial charge in [-0.15, -0.1) is 11.8 Å². The Balaban J connectivity index is 2.03. The molecule has 1 N–H and O–H groups in total. The number of carbonyl (C=O) groups is 2. The van der Waals surface area contributed by atoms with Crippen molar-refractivity contribution in [1.82, 2.24) is 10.2 Å². The van der Waals surface area contributed by atoms with Crippen molar-refractivity contribution in [3.8, 4) is 0 Å². The van der Waals surface area contributed by atoms with E-state index in [9.17, 15) is 9.59 Å². The predicted octanol–water partition coefficient (Wildman–Crippen LogP) is 4.50. The van der Waals surface area contributed by atoms with E-state index in [0.29, 0.717) is 18.7 Å². The van der Waals surface area contributed by atoms with Gasteiger partial charge in [-0.2, -0.15) is 0 Å². The van der Waals surface area contributed by atoms with Crippen LogP contribution in [-0.4, -0.2) is 34.6 Å². The molecular weight excluding hydrogens is 368 g/mol. The van der Waals surface area contributed by atoms with Gasteiger partial charge in [0.1, 0.15) is 6.04 Å². The van der Waals surface area contributed by atoms with Crippen LogP contribution in [0.1, 0.15) is 39.2 Å². The van der Waals surface area contributed by atoms with Crippen LogP contribution in [0.15, 0.2) is 65.6 Å². The van der Waals surface area contributed by atoms with Gasteiger partial charge in [-0.1, -0.05) is 55.5 Å². The van der Waals surface area contributed by atoms with Crippen LogP contribution in [0.5, 0.6) is 0 Å². The van der Waals surface area contributed by atoms with Gasteiger partial charge in [-0.3, -0.25) is 9.59 Å². The summed E-state index contributed by atoms with van der Waals surface area (Å²) < 4.78 is 0. The largest absolute Gasteiger partial charge is 0.352 e. The van der Waals surface area contributed by atoms with E-state index in [1.165, 1.54) is 0 Å². The molecule has 0 aliphatic rings. The van der Waals surface area contributed by atoms with Crippen molar-refractivity contribution in [1.29, 1.82) is 0 Å². The first kappa shape index (κ1) is 22.0. The Kier molecular flexibility index (Phi) is 9.08. The maximum Gasteiger partial charge on any atom is 0.242 e. The molecule has 0 aliphatic heterocycles. The molecule has 2 aromatic rings. The highest BCUT2D eigenvalue weighted by molar-refractivity contribution is 7.99. The standard InChI is InChI=1S/C23H30N2O2S/c1-4-18(2)24-23(27)19(3)25(17-20-11-7-5-8-12-20)22(26)15-16-28-21-13-9-6-10-14-21/h5-14,18-19H,4,15-17H2,1-3H3,(H,24,27). The van der Waals surface area contributed by atoms with E-state index in [4.69, 9.17) is 0 Å². The Hall–Kier alpha value is -2.27. The molecule has 0 saturated heterocycles. The second kappa shape index (κ2) is 11.5. The molecule has 0 fully saturated rings. The number of benzene rings is 2. The lowest BCUT2D eigenvalue weighted by Gasteiger charge is -2.29. The Labute approximate surface area is 172 Å². The van der Waals surface area contributed by atoms with E-state index in [2.05, 4.69) is 5.32 Å². The Morgan fingerprint density at radius 2 is 1.61 bits per heavy atom. The molecule has 2 amide bonds. The van der Waals surface area contributed by atoms with Crippen molar-refractivity contribution in [3.05, 3.63) is 66.2 Å². The van der Waals surface area contributed by atoms with Gasteiger partial charge in [-0.05, 0) is 38.0 Å². The third kappa shape index (κ3) is 7.04. The summed E-state index contributed by atoms with van der Waals surface area (Å²) in [6.07, 6.45) is 1.26. The van der Waals surface area contributed by atoms with Crippen molar-refractivity contribution in [2.45, 2.75) is 57.1 Å². The first-order valence-electron chi connectivity index (χ1n) is 9.82. The maximum absolute atomic E-state index is 13.0. The highest BCUT2D eigenvalue weighted by Crippen LogP contribution is 2.19. The molecule has 5 heteroatoms. The molecule has 2 rings (SSSR count). The van der Waals surface area contributed by atoms with Crippen LogP contribution in [0.3, 0.4) is 0 Å². The summed E-state index contributed by atoms with van der Waals surface area (Å²) in [6, 6.07) is 19.5.